The SMILES string of the molecule is CC(=O)NC1CSSCC(C(N)=O)NC(=O)CNC(=O)CNC(=O)C(=CCC2=CCCC=C2)N(C)C(=O)CNC1=O. The second-order valence-electron chi connectivity index (χ2n) is 9.03. The van der Waals surface area contributed by atoms with Gasteiger partial charge in [-0.3, -0.25) is 33.6 Å². The molecule has 2 atom stereocenters. The predicted molar refractivity (Wildman–Crippen MR) is 155 cm³/mol. The van der Waals surface area contributed by atoms with Gasteiger partial charge in [-0.2, -0.15) is 0 Å². The topological polar surface area (TPSA) is 209 Å². The number of amides is 7. The highest BCUT2D eigenvalue weighted by molar-refractivity contribution is 8.76. The number of allylic oxidation sites excluding steroid dienone is 5. The Morgan fingerprint density at radius 2 is 1.73 bits per heavy atom. The monoisotopic (exact) mass is 609 g/mol. The molecule has 0 spiro atoms. The maximum absolute atomic E-state index is 13.0. The lowest BCUT2D eigenvalue weighted by Crippen LogP contribution is -2.51. The van der Waals surface area contributed by atoms with Crippen molar-refractivity contribution in [2.75, 3.05) is 38.2 Å². The lowest BCUT2D eigenvalue weighted by atomic mass is 10.0. The molecule has 0 aromatic rings. The number of rotatable bonds is 4. The molecular weight excluding hydrogens is 574 g/mol. The number of carbonyl (C=O) groups excluding carboxylic acids is 7. The van der Waals surface area contributed by atoms with Gasteiger partial charge in [0, 0.05) is 25.5 Å². The molecular formula is C25H35N7O7S2. The van der Waals surface area contributed by atoms with Crippen LogP contribution in [0.5, 0.6) is 0 Å². The summed E-state index contributed by atoms with van der Waals surface area (Å²) in [5, 5.41) is 12.2. The van der Waals surface area contributed by atoms with Gasteiger partial charge in [-0.1, -0.05) is 45.9 Å². The minimum absolute atomic E-state index is 0.0428. The van der Waals surface area contributed by atoms with Crippen LogP contribution in [0.25, 0.3) is 0 Å². The number of nitrogens with one attached hydrogen (secondary N) is 5. The third-order valence-corrected chi connectivity index (χ3v) is 8.19. The number of hydrogen-bond donors (Lipinski definition) is 6. The number of nitrogens with zero attached hydrogens (tertiary/aromatic N) is 1. The zero-order chi connectivity index (χ0) is 30.4. The normalized spacial score (nSPS) is 23.5. The summed E-state index contributed by atoms with van der Waals surface area (Å²) in [5.74, 6) is -4.46. The van der Waals surface area contributed by atoms with Crippen molar-refractivity contribution < 1.29 is 33.6 Å². The second-order valence-corrected chi connectivity index (χ2v) is 11.6. The molecule has 41 heavy (non-hydrogen) atoms. The van der Waals surface area contributed by atoms with Gasteiger partial charge < -0.3 is 37.2 Å². The summed E-state index contributed by atoms with van der Waals surface area (Å²) in [6.45, 7) is -0.185. The quantitative estimate of drug-likeness (QED) is 0.157. The predicted octanol–water partition coefficient (Wildman–Crippen LogP) is -1.79. The van der Waals surface area contributed by atoms with Crippen LogP contribution in [0.2, 0.25) is 0 Å². The van der Waals surface area contributed by atoms with E-state index in [0.29, 0.717) is 6.42 Å². The summed E-state index contributed by atoms with van der Waals surface area (Å²) in [4.78, 5) is 87.9. The number of carbonyl (C=O) groups is 7. The average molecular weight is 610 g/mol. The molecule has 1 fully saturated rings. The van der Waals surface area contributed by atoms with Gasteiger partial charge in [-0.15, -0.1) is 0 Å². The van der Waals surface area contributed by atoms with Gasteiger partial charge in [0.15, 0.2) is 0 Å². The van der Waals surface area contributed by atoms with E-state index < -0.39 is 73.1 Å². The van der Waals surface area contributed by atoms with E-state index in [1.54, 1.807) is 6.08 Å². The fraction of sp³-hybridized carbons (Fsp3) is 0.480. The molecule has 224 valence electrons. The number of hydrogen-bond acceptors (Lipinski definition) is 9. The third-order valence-electron chi connectivity index (χ3n) is 5.77. The molecule has 2 aliphatic rings. The maximum atomic E-state index is 13.0. The highest BCUT2D eigenvalue weighted by Gasteiger charge is 2.25. The summed E-state index contributed by atoms with van der Waals surface area (Å²) < 4.78 is 0. The number of likely N-dealkylation sites (N-methyl/N-ethyl adjacent to an activating group) is 1. The van der Waals surface area contributed by atoms with E-state index in [0.717, 1.165) is 44.9 Å². The molecule has 14 nitrogen and oxygen atoms in total. The first-order valence-corrected chi connectivity index (χ1v) is 15.2. The van der Waals surface area contributed by atoms with E-state index >= 15 is 0 Å². The smallest absolute Gasteiger partial charge is 0.268 e. The Hall–Kier alpha value is -3.79. The van der Waals surface area contributed by atoms with Crippen molar-refractivity contribution in [3.8, 4) is 0 Å². The van der Waals surface area contributed by atoms with E-state index in [9.17, 15) is 33.6 Å². The van der Waals surface area contributed by atoms with E-state index in [2.05, 4.69) is 26.6 Å². The van der Waals surface area contributed by atoms with Crippen LogP contribution < -0.4 is 32.3 Å². The van der Waals surface area contributed by atoms with Crippen molar-refractivity contribution >= 4 is 62.9 Å². The molecule has 16 heteroatoms. The molecule has 0 aromatic heterocycles. The summed E-state index contributed by atoms with van der Waals surface area (Å²) in [6.07, 6.45) is 9.59. The first kappa shape index (κ1) is 33.4. The fourth-order valence-electron chi connectivity index (χ4n) is 3.55. The summed E-state index contributed by atoms with van der Waals surface area (Å²) in [5.41, 5.74) is 6.27. The molecule has 0 bridgehead atoms. The first-order chi connectivity index (χ1) is 19.5. The Kier molecular flexibility index (Phi) is 14.0. The van der Waals surface area contributed by atoms with Gasteiger partial charge in [0.2, 0.25) is 35.4 Å². The van der Waals surface area contributed by atoms with Crippen molar-refractivity contribution in [2.45, 2.75) is 38.3 Å². The lowest BCUT2D eigenvalue weighted by Gasteiger charge is -2.22. The Balaban J connectivity index is 2.26. The molecule has 7 N–H and O–H groups in total. The molecule has 1 heterocycles. The van der Waals surface area contributed by atoms with Crippen LogP contribution in [-0.2, 0) is 33.6 Å². The minimum Gasteiger partial charge on any atom is -0.368 e. The van der Waals surface area contributed by atoms with Crippen LogP contribution in [0.15, 0.2) is 35.6 Å². The molecule has 1 aliphatic carbocycles. The van der Waals surface area contributed by atoms with Crippen molar-refractivity contribution in [1.82, 2.24) is 31.5 Å². The van der Waals surface area contributed by atoms with Gasteiger partial charge in [-0.25, -0.2) is 0 Å². The molecule has 2 unspecified atom stereocenters. The summed E-state index contributed by atoms with van der Waals surface area (Å²) >= 11 is 0. The van der Waals surface area contributed by atoms with Gasteiger partial charge in [0.05, 0.1) is 19.6 Å². The van der Waals surface area contributed by atoms with Crippen molar-refractivity contribution in [3.63, 3.8) is 0 Å². The minimum atomic E-state index is -1.06. The van der Waals surface area contributed by atoms with E-state index in [1.807, 2.05) is 18.2 Å². The Bertz CT molecular complexity index is 1140. The zero-order valence-corrected chi connectivity index (χ0v) is 24.5. The highest BCUT2D eigenvalue weighted by atomic mass is 33.1. The summed E-state index contributed by atoms with van der Waals surface area (Å²) in [7, 11) is 3.65. The second kappa shape index (κ2) is 17.1. The fourth-order valence-corrected chi connectivity index (χ4v) is 5.89. The standard InChI is InChI=1S/C25H35N7O7S2/c1-15(33)30-18-14-41-40-13-17(23(26)37)31-21(35)11-27-20(34)10-28-25(39)19(9-8-16-6-4-3-5-7-16)32(2)22(36)12-29-24(18)38/h4,6-7,9,17-18H,3,5,8,10-14H2,1-2H3,(H2,26,37)(H,27,34)(H,28,39)(H,29,38)(H,30,33)(H,31,35). The molecule has 0 saturated carbocycles. The van der Waals surface area contributed by atoms with Crippen molar-refractivity contribution in [3.05, 3.63) is 35.6 Å². The van der Waals surface area contributed by atoms with Crippen LogP contribution in [-0.4, -0.2) is 96.5 Å². The van der Waals surface area contributed by atoms with E-state index in [4.69, 9.17) is 5.73 Å². The zero-order valence-electron chi connectivity index (χ0n) is 22.8. The summed E-state index contributed by atoms with van der Waals surface area (Å²) in [6, 6.07) is -2.07. The Morgan fingerprint density at radius 3 is 2.39 bits per heavy atom. The molecule has 2 rings (SSSR count). The molecule has 7 amide bonds. The molecule has 0 radical (unpaired) electrons. The average Bonchev–Trinajstić information content (AvgIpc) is 2.94. The van der Waals surface area contributed by atoms with Gasteiger partial charge in [0.25, 0.3) is 5.91 Å². The number of primary amides is 1. The van der Waals surface area contributed by atoms with Crippen LogP contribution in [0, 0.1) is 0 Å². The molecule has 1 saturated heterocycles. The van der Waals surface area contributed by atoms with Crippen LogP contribution in [0.1, 0.15) is 26.2 Å². The van der Waals surface area contributed by atoms with E-state index in [-0.39, 0.29) is 17.2 Å². The van der Waals surface area contributed by atoms with Crippen LogP contribution >= 0.6 is 21.6 Å². The maximum Gasteiger partial charge on any atom is 0.268 e. The van der Waals surface area contributed by atoms with Crippen molar-refractivity contribution in [1.29, 1.82) is 0 Å². The van der Waals surface area contributed by atoms with Crippen LogP contribution in [0.4, 0.5) is 0 Å². The Labute approximate surface area is 245 Å². The third kappa shape index (κ3) is 12.1. The highest BCUT2D eigenvalue weighted by Crippen LogP contribution is 2.23. The van der Waals surface area contributed by atoms with Gasteiger partial charge in [0.1, 0.15) is 17.8 Å². The first-order valence-electron chi connectivity index (χ1n) is 12.7. The van der Waals surface area contributed by atoms with E-state index in [1.165, 1.54) is 14.0 Å². The molecule has 1 aliphatic heterocycles. The van der Waals surface area contributed by atoms with Gasteiger partial charge >= 0.3 is 0 Å². The lowest BCUT2D eigenvalue weighted by molar-refractivity contribution is -0.133. The van der Waals surface area contributed by atoms with Crippen molar-refractivity contribution in [2.24, 2.45) is 5.73 Å². The largest absolute Gasteiger partial charge is 0.368 e. The van der Waals surface area contributed by atoms with Gasteiger partial charge in [-0.05, 0) is 24.8 Å². The Morgan fingerprint density at radius 1 is 1.02 bits per heavy atom. The van der Waals surface area contributed by atoms with Crippen LogP contribution in [0.3, 0.4) is 0 Å². The molecule has 0 aromatic carbocycles. The number of nitrogens with two attached hydrogens (primary N) is 1.